The van der Waals surface area contributed by atoms with Crippen LogP contribution in [0.4, 0.5) is 4.79 Å². The first-order valence-corrected chi connectivity index (χ1v) is 11.0. The Kier molecular flexibility index (Phi) is 8.24. The van der Waals surface area contributed by atoms with Gasteiger partial charge in [0.1, 0.15) is 12.6 Å². The Morgan fingerprint density at radius 2 is 1.56 bits per heavy atom. The van der Waals surface area contributed by atoms with Gasteiger partial charge in [0.2, 0.25) is 5.91 Å². The van der Waals surface area contributed by atoms with Crippen molar-refractivity contribution >= 4 is 23.9 Å². The summed E-state index contributed by atoms with van der Waals surface area (Å²) in [5.41, 5.74) is 4.43. The largest absolute Gasteiger partial charge is 0.480 e. The van der Waals surface area contributed by atoms with E-state index in [0.717, 1.165) is 22.3 Å². The fourth-order valence-electron chi connectivity index (χ4n) is 4.05. The number of nitrogens with one attached hydrogen (secondary N) is 2. The van der Waals surface area contributed by atoms with Gasteiger partial charge in [-0.05, 0) is 35.6 Å². The third-order valence-corrected chi connectivity index (χ3v) is 5.70. The van der Waals surface area contributed by atoms with E-state index in [1.54, 1.807) is 6.92 Å². The van der Waals surface area contributed by atoms with Crippen LogP contribution in [0.2, 0.25) is 0 Å². The molecule has 1 aliphatic rings. The van der Waals surface area contributed by atoms with Crippen LogP contribution < -0.4 is 10.6 Å². The van der Waals surface area contributed by atoms with Crippen LogP contribution in [-0.4, -0.2) is 54.8 Å². The van der Waals surface area contributed by atoms with Gasteiger partial charge in [-0.15, -0.1) is 0 Å². The van der Waals surface area contributed by atoms with Crippen molar-refractivity contribution in [3.05, 3.63) is 59.7 Å². The van der Waals surface area contributed by atoms with Gasteiger partial charge >= 0.3 is 18.0 Å². The van der Waals surface area contributed by atoms with Crippen LogP contribution in [-0.2, 0) is 23.9 Å². The molecular formula is C25H28N2O7. The number of carboxylic acids is 1. The quantitative estimate of drug-likeness (QED) is 0.457. The van der Waals surface area contributed by atoms with E-state index in [9.17, 15) is 24.3 Å². The zero-order chi connectivity index (χ0) is 24.7. The van der Waals surface area contributed by atoms with Crippen LogP contribution in [0.5, 0.6) is 0 Å². The first-order chi connectivity index (χ1) is 16.3. The van der Waals surface area contributed by atoms with Crippen molar-refractivity contribution in [2.75, 3.05) is 13.7 Å². The Morgan fingerprint density at radius 3 is 2.12 bits per heavy atom. The molecule has 0 aromatic heterocycles. The van der Waals surface area contributed by atoms with Crippen molar-refractivity contribution in [3.8, 4) is 11.1 Å². The summed E-state index contributed by atoms with van der Waals surface area (Å²) in [4.78, 5) is 47.1. The number of carboxylic acid groups (broad SMARTS) is 1. The van der Waals surface area contributed by atoms with Crippen molar-refractivity contribution in [3.63, 3.8) is 0 Å². The Balaban J connectivity index is 1.49. The molecule has 2 amide bonds. The van der Waals surface area contributed by atoms with Gasteiger partial charge in [-0.25, -0.2) is 9.59 Å². The Bertz CT molecular complexity index is 1020. The lowest BCUT2D eigenvalue weighted by Gasteiger charge is -2.18. The summed E-state index contributed by atoms with van der Waals surface area (Å²) in [7, 11) is 1.20. The lowest BCUT2D eigenvalue weighted by Crippen LogP contribution is -2.44. The Hall–Kier alpha value is -3.88. The summed E-state index contributed by atoms with van der Waals surface area (Å²) in [5, 5.41) is 14.2. The molecule has 0 heterocycles. The van der Waals surface area contributed by atoms with Crippen molar-refractivity contribution in [1.29, 1.82) is 0 Å². The number of carbonyl (C=O) groups excluding carboxylic acids is 3. The third kappa shape index (κ3) is 6.12. The number of methoxy groups -OCH3 is 1. The van der Waals surface area contributed by atoms with Crippen molar-refractivity contribution < 1.29 is 33.8 Å². The summed E-state index contributed by atoms with van der Waals surface area (Å²) in [5.74, 6) is -2.47. The van der Waals surface area contributed by atoms with Gasteiger partial charge in [-0.2, -0.15) is 0 Å². The molecule has 9 nitrogen and oxygen atoms in total. The normalized spacial score (nSPS) is 13.7. The SMILES string of the molecule is COC(=O)CC[C@H](NC(=O)CC(C)NC(=O)OCC1c2ccccc2-c2ccccc21)C(=O)O. The molecule has 1 aliphatic carbocycles. The fourth-order valence-corrected chi connectivity index (χ4v) is 4.05. The van der Waals surface area contributed by atoms with E-state index < -0.39 is 36.0 Å². The Labute approximate surface area is 197 Å². The van der Waals surface area contributed by atoms with Crippen molar-refractivity contribution in [2.24, 2.45) is 0 Å². The van der Waals surface area contributed by atoms with Gasteiger partial charge in [0.15, 0.2) is 0 Å². The lowest BCUT2D eigenvalue weighted by atomic mass is 9.98. The van der Waals surface area contributed by atoms with Gasteiger partial charge < -0.3 is 25.2 Å². The topological polar surface area (TPSA) is 131 Å². The molecule has 34 heavy (non-hydrogen) atoms. The number of hydrogen-bond acceptors (Lipinski definition) is 6. The van der Waals surface area contributed by atoms with Gasteiger partial charge in [0, 0.05) is 24.8 Å². The zero-order valence-electron chi connectivity index (χ0n) is 19.1. The maximum Gasteiger partial charge on any atom is 0.407 e. The number of esters is 1. The van der Waals surface area contributed by atoms with E-state index >= 15 is 0 Å². The molecule has 9 heteroatoms. The van der Waals surface area contributed by atoms with Crippen LogP contribution in [0.3, 0.4) is 0 Å². The standard InChI is InChI=1S/C25H28N2O7/c1-15(13-22(28)27-21(24(30)31)11-12-23(29)33-2)26-25(32)34-14-20-18-9-5-3-7-16(18)17-8-4-6-10-19(17)20/h3-10,15,20-21H,11-14H2,1-2H3,(H,26,32)(H,27,28)(H,30,31)/t15?,21-/m0/s1. The maximum absolute atomic E-state index is 12.3. The molecule has 0 spiro atoms. The van der Waals surface area contributed by atoms with E-state index in [0.29, 0.717) is 0 Å². The molecule has 3 N–H and O–H groups in total. The molecule has 2 aromatic carbocycles. The first kappa shape index (κ1) is 24.8. The fraction of sp³-hybridized carbons (Fsp3) is 0.360. The van der Waals surface area contributed by atoms with Crippen LogP contribution in [0.15, 0.2) is 48.5 Å². The van der Waals surface area contributed by atoms with Crippen LogP contribution in [0.25, 0.3) is 11.1 Å². The Morgan fingerprint density at radius 1 is 0.971 bits per heavy atom. The highest BCUT2D eigenvalue weighted by atomic mass is 16.5. The molecule has 0 aliphatic heterocycles. The number of benzene rings is 2. The number of aliphatic carboxylic acids is 1. The molecule has 0 radical (unpaired) electrons. The van der Waals surface area contributed by atoms with E-state index in [-0.39, 0.29) is 31.8 Å². The number of amides is 2. The van der Waals surface area contributed by atoms with E-state index in [1.807, 2.05) is 48.5 Å². The molecule has 0 saturated heterocycles. The molecule has 0 fully saturated rings. The molecule has 0 bridgehead atoms. The first-order valence-electron chi connectivity index (χ1n) is 11.0. The number of fused-ring (bicyclic) bond motifs is 3. The van der Waals surface area contributed by atoms with E-state index in [1.165, 1.54) is 7.11 Å². The maximum atomic E-state index is 12.3. The second-order valence-corrected chi connectivity index (χ2v) is 8.15. The van der Waals surface area contributed by atoms with Gasteiger partial charge in [0.25, 0.3) is 0 Å². The highest BCUT2D eigenvalue weighted by molar-refractivity contribution is 5.84. The third-order valence-electron chi connectivity index (χ3n) is 5.70. The second kappa shape index (κ2) is 11.3. The van der Waals surface area contributed by atoms with Crippen LogP contribution in [0, 0.1) is 0 Å². The highest BCUT2D eigenvalue weighted by Gasteiger charge is 2.29. The summed E-state index contributed by atoms with van der Waals surface area (Å²) in [6.45, 7) is 1.76. The predicted molar refractivity (Wildman–Crippen MR) is 123 cm³/mol. The van der Waals surface area contributed by atoms with E-state index in [4.69, 9.17) is 4.74 Å². The molecular weight excluding hydrogens is 440 g/mol. The van der Waals surface area contributed by atoms with Crippen molar-refractivity contribution in [1.82, 2.24) is 10.6 Å². The highest BCUT2D eigenvalue weighted by Crippen LogP contribution is 2.44. The molecule has 2 atom stereocenters. The summed E-state index contributed by atoms with van der Waals surface area (Å²) in [6, 6.07) is 14.2. The predicted octanol–water partition coefficient (Wildman–Crippen LogP) is 2.83. The lowest BCUT2D eigenvalue weighted by molar-refractivity contribution is -0.144. The van der Waals surface area contributed by atoms with Gasteiger partial charge in [-0.1, -0.05) is 48.5 Å². The second-order valence-electron chi connectivity index (χ2n) is 8.15. The minimum absolute atomic E-state index is 0.0807. The molecule has 180 valence electrons. The molecule has 2 aromatic rings. The minimum Gasteiger partial charge on any atom is -0.480 e. The molecule has 3 rings (SSSR count). The van der Waals surface area contributed by atoms with Crippen LogP contribution in [0.1, 0.15) is 43.2 Å². The molecule has 0 saturated carbocycles. The number of carbonyl (C=O) groups is 4. The minimum atomic E-state index is -1.26. The average molecular weight is 469 g/mol. The van der Waals surface area contributed by atoms with E-state index in [2.05, 4.69) is 15.4 Å². The number of ether oxygens (including phenoxy) is 2. The number of alkyl carbamates (subject to hydrolysis) is 1. The van der Waals surface area contributed by atoms with Crippen LogP contribution >= 0.6 is 0 Å². The molecule has 1 unspecified atom stereocenters. The monoisotopic (exact) mass is 468 g/mol. The van der Waals surface area contributed by atoms with Gasteiger partial charge in [0.05, 0.1) is 7.11 Å². The summed E-state index contributed by atoms with van der Waals surface area (Å²) >= 11 is 0. The van der Waals surface area contributed by atoms with Crippen molar-refractivity contribution in [2.45, 2.75) is 44.2 Å². The zero-order valence-corrected chi connectivity index (χ0v) is 19.1. The number of rotatable bonds is 10. The average Bonchev–Trinajstić information content (AvgIpc) is 3.13. The summed E-state index contributed by atoms with van der Waals surface area (Å²) < 4.78 is 9.95. The summed E-state index contributed by atoms with van der Waals surface area (Å²) in [6.07, 6.45) is -1.04. The number of hydrogen-bond donors (Lipinski definition) is 3. The smallest absolute Gasteiger partial charge is 0.407 e. The van der Waals surface area contributed by atoms with Gasteiger partial charge in [-0.3, -0.25) is 9.59 Å².